The van der Waals surface area contributed by atoms with Crippen molar-refractivity contribution in [3.05, 3.63) is 24.3 Å². The molecule has 0 saturated carbocycles. The van der Waals surface area contributed by atoms with Gasteiger partial charge in [0.1, 0.15) is 6.54 Å². The number of aliphatic carboxylic acids is 1. The van der Waals surface area contributed by atoms with Crippen LogP contribution in [0.25, 0.3) is 11.4 Å². The van der Waals surface area contributed by atoms with Crippen molar-refractivity contribution in [1.82, 2.24) is 25.2 Å². The van der Waals surface area contributed by atoms with Gasteiger partial charge in [-0.15, -0.1) is 5.10 Å². The molecule has 1 N–H and O–H groups in total. The van der Waals surface area contributed by atoms with Crippen molar-refractivity contribution in [1.29, 1.82) is 0 Å². The Morgan fingerprint density at radius 1 is 1.56 bits per heavy atom. The molecule has 0 amide bonds. The highest BCUT2D eigenvalue weighted by Gasteiger charge is 2.14. The number of aromatic nitrogens is 5. The quantitative estimate of drug-likeness (QED) is 0.784. The molecule has 0 fully saturated rings. The number of carboxylic acids is 1. The molecule has 2 rings (SSSR count). The third-order valence-electron chi connectivity index (χ3n) is 1.83. The van der Waals surface area contributed by atoms with E-state index in [0.29, 0.717) is 0 Å². The lowest BCUT2D eigenvalue weighted by molar-refractivity contribution is -0.137. The molecule has 0 saturated heterocycles. The maximum absolute atomic E-state index is 13.4. The summed E-state index contributed by atoms with van der Waals surface area (Å²) in [7, 11) is 0. The first-order valence-electron chi connectivity index (χ1n) is 4.26. The van der Waals surface area contributed by atoms with Gasteiger partial charge < -0.3 is 5.11 Å². The van der Waals surface area contributed by atoms with Gasteiger partial charge in [0.15, 0.2) is 11.6 Å². The molecular formula is C8H6FN5O2. The SMILES string of the molecule is O=C(O)Cn1nnnc1-c1ccncc1F. The molecular weight excluding hydrogens is 217 g/mol. The highest BCUT2D eigenvalue weighted by molar-refractivity contribution is 5.67. The van der Waals surface area contributed by atoms with Crippen LogP contribution < -0.4 is 0 Å². The van der Waals surface area contributed by atoms with E-state index in [4.69, 9.17) is 5.11 Å². The summed E-state index contributed by atoms with van der Waals surface area (Å²) in [5, 5.41) is 18.9. The summed E-state index contributed by atoms with van der Waals surface area (Å²) in [4.78, 5) is 14.1. The van der Waals surface area contributed by atoms with E-state index in [-0.39, 0.29) is 11.4 Å². The largest absolute Gasteiger partial charge is 0.480 e. The van der Waals surface area contributed by atoms with Crippen molar-refractivity contribution in [2.45, 2.75) is 6.54 Å². The van der Waals surface area contributed by atoms with Gasteiger partial charge in [-0.05, 0) is 16.5 Å². The van der Waals surface area contributed by atoms with Crippen molar-refractivity contribution < 1.29 is 14.3 Å². The predicted octanol–water partition coefficient (Wildman–Crippen LogP) is -0.0412. The van der Waals surface area contributed by atoms with E-state index in [9.17, 15) is 9.18 Å². The van der Waals surface area contributed by atoms with Crippen LogP contribution in [0.4, 0.5) is 4.39 Å². The van der Waals surface area contributed by atoms with Gasteiger partial charge in [0, 0.05) is 6.20 Å². The van der Waals surface area contributed by atoms with Gasteiger partial charge in [0.2, 0.25) is 0 Å². The summed E-state index contributed by atoms with van der Waals surface area (Å²) in [6.07, 6.45) is 2.38. The number of tetrazole rings is 1. The highest BCUT2D eigenvalue weighted by Crippen LogP contribution is 2.17. The van der Waals surface area contributed by atoms with E-state index in [1.807, 2.05) is 0 Å². The lowest BCUT2D eigenvalue weighted by atomic mass is 10.2. The molecule has 0 spiro atoms. The third kappa shape index (κ3) is 1.85. The molecule has 7 nitrogen and oxygen atoms in total. The zero-order valence-corrected chi connectivity index (χ0v) is 7.91. The van der Waals surface area contributed by atoms with E-state index in [1.54, 1.807) is 0 Å². The average molecular weight is 223 g/mol. The Kier molecular flexibility index (Phi) is 2.54. The van der Waals surface area contributed by atoms with Gasteiger partial charge in [0.25, 0.3) is 0 Å². The maximum Gasteiger partial charge on any atom is 0.325 e. The first-order chi connectivity index (χ1) is 7.68. The Morgan fingerprint density at radius 2 is 2.38 bits per heavy atom. The number of pyridine rings is 1. The van der Waals surface area contributed by atoms with Gasteiger partial charge in [-0.1, -0.05) is 0 Å². The second kappa shape index (κ2) is 4.01. The molecule has 0 aliphatic heterocycles. The summed E-state index contributed by atoms with van der Waals surface area (Å²) in [6.45, 7) is -0.426. The number of rotatable bonds is 3. The fourth-order valence-corrected chi connectivity index (χ4v) is 1.19. The molecule has 0 atom stereocenters. The Labute approximate surface area is 88.5 Å². The lowest BCUT2D eigenvalue weighted by Gasteiger charge is -2.01. The van der Waals surface area contributed by atoms with Crippen molar-refractivity contribution in [3.8, 4) is 11.4 Å². The molecule has 2 aromatic heterocycles. The minimum absolute atomic E-state index is 0.0577. The van der Waals surface area contributed by atoms with Gasteiger partial charge >= 0.3 is 5.97 Å². The molecule has 82 valence electrons. The van der Waals surface area contributed by atoms with Crippen LogP contribution in [-0.2, 0) is 11.3 Å². The van der Waals surface area contributed by atoms with Crippen molar-refractivity contribution in [3.63, 3.8) is 0 Å². The standard InChI is InChI=1S/C8H6FN5O2/c9-6-3-10-2-1-5(6)8-11-12-13-14(8)4-7(15)16/h1-3H,4H2,(H,15,16). The summed E-state index contributed by atoms with van der Waals surface area (Å²) >= 11 is 0. The molecule has 2 heterocycles. The van der Waals surface area contributed by atoms with Crippen LogP contribution in [-0.4, -0.2) is 36.3 Å². The molecule has 8 heteroatoms. The van der Waals surface area contributed by atoms with Crippen LogP contribution in [0, 0.1) is 5.82 Å². The molecule has 0 unspecified atom stereocenters. The van der Waals surface area contributed by atoms with E-state index in [2.05, 4.69) is 20.5 Å². The number of halogens is 1. The van der Waals surface area contributed by atoms with Crippen LogP contribution in [0.1, 0.15) is 0 Å². The lowest BCUT2D eigenvalue weighted by Crippen LogP contribution is -2.12. The van der Waals surface area contributed by atoms with Crippen LogP contribution >= 0.6 is 0 Å². The molecule has 2 aromatic rings. The van der Waals surface area contributed by atoms with Crippen LogP contribution in [0.2, 0.25) is 0 Å². The van der Waals surface area contributed by atoms with Gasteiger partial charge in [-0.25, -0.2) is 9.07 Å². The van der Waals surface area contributed by atoms with E-state index in [0.717, 1.165) is 10.9 Å². The van der Waals surface area contributed by atoms with Crippen LogP contribution in [0.5, 0.6) is 0 Å². The number of carbonyl (C=O) groups is 1. The monoisotopic (exact) mass is 223 g/mol. The van der Waals surface area contributed by atoms with Gasteiger partial charge in [0.05, 0.1) is 11.8 Å². The molecule has 16 heavy (non-hydrogen) atoms. The minimum atomic E-state index is -1.11. The van der Waals surface area contributed by atoms with Crippen molar-refractivity contribution in [2.24, 2.45) is 0 Å². The topological polar surface area (TPSA) is 93.8 Å². The zero-order chi connectivity index (χ0) is 11.5. The van der Waals surface area contributed by atoms with Crippen molar-refractivity contribution >= 4 is 5.97 Å². The smallest absolute Gasteiger partial charge is 0.325 e. The summed E-state index contributed by atoms with van der Waals surface area (Å²) in [5.41, 5.74) is 0.112. The summed E-state index contributed by atoms with van der Waals surface area (Å²) in [6, 6.07) is 1.37. The molecule has 0 aliphatic carbocycles. The van der Waals surface area contributed by atoms with Crippen LogP contribution in [0.3, 0.4) is 0 Å². The van der Waals surface area contributed by atoms with E-state index in [1.165, 1.54) is 12.3 Å². The van der Waals surface area contributed by atoms with E-state index >= 15 is 0 Å². The van der Waals surface area contributed by atoms with Crippen LogP contribution in [0.15, 0.2) is 18.5 Å². The van der Waals surface area contributed by atoms with Crippen molar-refractivity contribution in [2.75, 3.05) is 0 Å². The second-order valence-electron chi connectivity index (χ2n) is 2.91. The Bertz CT molecular complexity index is 527. The number of hydrogen-bond donors (Lipinski definition) is 1. The maximum atomic E-state index is 13.4. The Balaban J connectivity index is 2.45. The zero-order valence-electron chi connectivity index (χ0n) is 7.91. The number of hydrogen-bond acceptors (Lipinski definition) is 5. The fourth-order valence-electron chi connectivity index (χ4n) is 1.19. The molecule has 0 aromatic carbocycles. The highest BCUT2D eigenvalue weighted by atomic mass is 19.1. The Hall–Kier alpha value is -2.38. The summed E-state index contributed by atoms with van der Waals surface area (Å²) < 4.78 is 14.4. The predicted molar refractivity (Wildman–Crippen MR) is 48.6 cm³/mol. The van der Waals surface area contributed by atoms with E-state index < -0.39 is 18.3 Å². The Morgan fingerprint density at radius 3 is 3.06 bits per heavy atom. The van der Waals surface area contributed by atoms with Gasteiger partial charge in [-0.2, -0.15) is 0 Å². The first kappa shape index (κ1) is 10.1. The van der Waals surface area contributed by atoms with Gasteiger partial charge in [-0.3, -0.25) is 9.78 Å². The summed E-state index contributed by atoms with van der Waals surface area (Å²) in [5.74, 6) is -1.66. The second-order valence-corrected chi connectivity index (χ2v) is 2.91. The number of carboxylic acid groups (broad SMARTS) is 1. The molecule has 0 bridgehead atoms. The normalized spacial score (nSPS) is 10.3. The fraction of sp³-hybridized carbons (Fsp3) is 0.125. The number of nitrogens with zero attached hydrogens (tertiary/aromatic N) is 5. The minimum Gasteiger partial charge on any atom is -0.480 e. The molecule has 0 aliphatic rings. The average Bonchev–Trinajstić information content (AvgIpc) is 2.66. The molecule has 0 radical (unpaired) electrons. The first-order valence-corrected chi connectivity index (χ1v) is 4.26. The third-order valence-corrected chi connectivity index (χ3v) is 1.83.